The molecule has 0 spiro atoms. The molecule has 0 saturated heterocycles. The third-order valence-corrected chi connectivity index (χ3v) is 1.95. The number of aliphatic carboxylic acids is 1. The van der Waals surface area contributed by atoms with Crippen LogP contribution in [-0.2, 0) is 4.79 Å². The fraction of sp³-hybridized carbons (Fsp3) is 0.857. The molecule has 78 valence electrons. The Labute approximate surface area is 80.9 Å². The first-order chi connectivity index (χ1) is 5.41. The van der Waals surface area contributed by atoms with Gasteiger partial charge in [0.25, 0.3) is 5.92 Å². The fourth-order valence-electron chi connectivity index (χ4n) is 1.20. The minimum Gasteiger partial charge on any atom is -0.480 e. The van der Waals surface area contributed by atoms with Crippen LogP contribution in [0.5, 0.6) is 0 Å². The van der Waals surface area contributed by atoms with Gasteiger partial charge >= 0.3 is 5.97 Å². The van der Waals surface area contributed by atoms with E-state index in [1.807, 2.05) is 0 Å². The Balaban J connectivity index is 0.00000144. The Morgan fingerprint density at radius 2 is 2.08 bits per heavy atom. The van der Waals surface area contributed by atoms with Crippen LogP contribution in [0.3, 0.4) is 0 Å². The van der Waals surface area contributed by atoms with Crippen molar-refractivity contribution in [1.29, 1.82) is 0 Å². The van der Waals surface area contributed by atoms with Crippen molar-refractivity contribution in [3.8, 4) is 0 Å². The number of nitrogens with one attached hydrogen (secondary N) is 1. The first-order valence-corrected chi connectivity index (χ1v) is 3.77. The van der Waals surface area contributed by atoms with Crippen LogP contribution in [0, 0.1) is 0 Å². The molecule has 0 aromatic rings. The van der Waals surface area contributed by atoms with Crippen LogP contribution in [0.15, 0.2) is 0 Å². The standard InChI is InChI=1S/C7H11F2NO2.ClH/c1-4(6(11)12)10-5-2-7(8,9)3-5;/h4-5,10H,2-3H2,1H3,(H,11,12);1H. The van der Waals surface area contributed by atoms with E-state index in [-0.39, 0.29) is 31.3 Å². The van der Waals surface area contributed by atoms with Gasteiger partial charge in [0.05, 0.1) is 0 Å². The summed E-state index contributed by atoms with van der Waals surface area (Å²) in [5.74, 6) is -3.60. The number of alkyl halides is 2. The Morgan fingerprint density at radius 1 is 1.62 bits per heavy atom. The Hall–Kier alpha value is -0.420. The zero-order valence-electron chi connectivity index (χ0n) is 7.09. The van der Waals surface area contributed by atoms with Crippen molar-refractivity contribution in [3.63, 3.8) is 0 Å². The first-order valence-electron chi connectivity index (χ1n) is 3.77. The molecule has 1 unspecified atom stereocenters. The maximum Gasteiger partial charge on any atom is 0.320 e. The summed E-state index contributed by atoms with van der Waals surface area (Å²) >= 11 is 0. The molecule has 1 rings (SSSR count). The van der Waals surface area contributed by atoms with E-state index in [1.165, 1.54) is 6.92 Å². The van der Waals surface area contributed by atoms with Crippen molar-refractivity contribution in [3.05, 3.63) is 0 Å². The molecule has 0 amide bonds. The van der Waals surface area contributed by atoms with Gasteiger partial charge in [-0.25, -0.2) is 8.78 Å². The molecule has 1 atom stereocenters. The lowest BCUT2D eigenvalue weighted by atomic mass is 9.88. The van der Waals surface area contributed by atoms with Crippen molar-refractivity contribution in [2.75, 3.05) is 0 Å². The third kappa shape index (κ3) is 3.44. The van der Waals surface area contributed by atoms with E-state index in [4.69, 9.17) is 5.11 Å². The van der Waals surface area contributed by atoms with Crippen LogP contribution in [0.25, 0.3) is 0 Å². The minimum atomic E-state index is -2.59. The lowest BCUT2D eigenvalue weighted by molar-refractivity contribution is -0.141. The molecule has 0 aromatic carbocycles. The van der Waals surface area contributed by atoms with Crippen molar-refractivity contribution in [1.82, 2.24) is 5.32 Å². The average Bonchev–Trinajstić information content (AvgIpc) is 1.83. The Bertz CT molecular complexity index is 193. The molecular formula is C7H12ClF2NO2. The maximum atomic E-state index is 12.3. The molecule has 0 radical (unpaired) electrons. The molecule has 6 heteroatoms. The highest BCUT2D eigenvalue weighted by molar-refractivity contribution is 5.85. The third-order valence-electron chi connectivity index (χ3n) is 1.95. The van der Waals surface area contributed by atoms with Crippen LogP contribution in [0.2, 0.25) is 0 Å². The van der Waals surface area contributed by atoms with Gasteiger partial charge < -0.3 is 10.4 Å². The van der Waals surface area contributed by atoms with E-state index in [9.17, 15) is 13.6 Å². The molecule has 13 heavy (non-hydrogen) atoms. The van der Waals surface area contributed by atoms with E-state index < -0.39 is 17.9 Å². The van der Waals surface area contributed by atoms with Gasteiger partial charge in [-0.3, -0.25) is 4.79 Å². The zero-order valence-corrected chi connectivity index (χ0v) is 7.91. The number of hydrogen-bond donors (Lipinski definition) is 2. The molecule has 0 aromatic heterocycles. The van der Waals surface area contributed by atoms with Gasteiger partial charge in [0.2, 0.25) is 0 Å². The molecule has 2 N–H and O–H groups in total. The fourth-order valence-corrected chi connectivity index (χ4v) is 1.20. The van der Waals surface area contributed by atoms with Gasteiger partial charge in [0.1, 0.15) is 6.04 Å². The summed E-state index contributed by atoms with van der Waals surface area (Å²) in [5.41, 5.74) is 0. The molecule has 0 aliphatic heterocycles. The summed E-state index contributed by atoms with van der Waals surface area (Å²) in [6.07, 6.45) is -0.491. The number of carbonyl (C=O) groups is 1. The van der Waals surface area contributed by atoms with Crippen LogP contribution >= 0.6 is 12.4 Å². The highest BCUT2D eigenvalue weighted by Crippen LogP contribution is 2.37. The number of halogens is 3. The van der Waals surface area contributed by atoms with Gasteiger partial charge in [-0.15, -0.1) is 12.4 Å². The molecule has 1 saturated carbocycles. The van der Waals surface area contributed by atoms with Crippen molar-refractivity contribution in [2.45, 2.75) is 37.8 Å². The first kappa shape index (κ1) is 12.6. The predicted octanol–water partition coefficient (Wildman–Crippen LogP) is 1.27. The van der Waals surface area contributed by atoms with Crippen LogP contribution < -0.4 is 5.32 Å². The van der Waals surface area contributed by atoms with E-state index in [0.29, 0.717) is 0 Å². The number of hydrogen-bond acceptors (Lipinski definition) is 2. The van der Waals surface area contributed by atoms with Crippen LogP contribution in [0.4, 0.5) is 8.78 Å². The molecule has 0 heterocycles. The van der Waals surface area contributed by atoms with Gasteiger partial charge in [-0.2, -0.15) is 0 Å². The van der Waals surface area contributed by atoms with E-state index in [0.717, 1.165) is 0 Å². The normalized spacial score (nSPS) is 22.7. The molecule has 3 nitrogen and oxygen atoms in total. The van der Waals surface area contributed by atoms with Crippen LogP contribution in [-0.4, -0.2) is 29.1 Å². The molecule has 1 aliphatic rings. The lowest BCUT2D eigenvalue weighted by Crippen LogP contribution is -2.53. The molecule has 1 fully saturated rings. The maximum absolute atomic E-state index is 12.3. The molecule has 1 aliphatic carbocycles. The van der Waals surface area contributed by atoms with Gasteiger partial charge in [0.15, 0.2) is 0 Å². The van der Waals surface area contributed by atoms with Crippen molar-refractivity contribution >= 4 is 18.4 Å². The summed E-state index contributed by atoms with van der Waals surface area (Å²) in [5, 5.41) is 11.0. The van der Waals surface area contributed by atoms with Gasteiger partial charge in [-0.1, -0.05) is 0 Å². The monoisotopic (exact) mass is 215 g/mol. The second kappa shape index (κ2) is 4.19. The molecular weight excluding hydrogens is 204 g/mol. The lowest BCUT2D eigenvalue weighted by Gasteiger charge is -2.36. The van der Waals surface area contributed by atoms with E-state index in [1.54, 1.807) is 0 Å². The van der Waals surface area contributed by atoms with Gasteiger partial charge in [0, 0.05) is 18.9 Å². The number of rotatable bonds is 3. The smallest absolute Gasteiger partial charge is 0.320 e. The second-order valence-electron chi connectivity index (χ2n) is 3.19. The van der Waals surface area contributed by atoms with E-state index in [2.05, 4.69) is 5.32 Å². The summed E-state index contributed by atoms with van der Waals surface area (Å²) in [6.45, 7) is 1.44. The number of carboxylic acid groups (broad SMARTS) is 1. The largest absolute Gasteiger partial charge is 0.480 e. The highest BCUT2D eigenvalue weighted by Gasteiger charge is 2.45. The quantitative estimate of drug-likeness (QED) is 0.746. The second-order valence-corrected chi connectivity index (χ2v) is 3.19. The topological polar surface area (TPSA) is 49.3 Å². The summed E-state index contributed by atoms with van der Waals surface area (Å²) in [4.78, 5) is 10.3. The van der Waals surface area contributed by atoms with Crippen LogP contribution in [0.1, 0.15) is 19.8 Å². The SMILES string of the molecule is CC(NC1CC(F)(F)C1)C(=O)O.Cl. The minimum absolute atomic E-state index is 0. The predicted molar refractivity (Wildman–Crippen MR) is 45.5 cm³/mol. The van der Waals surface area contributed by atoms with Crippen molar-refractivity contribution < 1.29 is 18.7 Å². The average molecular weight is 216 g/mol. The van der Waals surface area contributed by atoms with Crippen molar-refractivity contribution in [2.24, 2.45) is 0 Å². The zero-order chi connectivity index (χ0) is 9.35. The Morgan fingerprint density at radius 3 is 2.38 bits per heavy atom. The number of carboxylic acids is 1. The van der Waals surface area contributed by atoms with E-state index >= 15 is 0 Å². The summed E-state index contributed by atoms with van der Waals surface area (Å²) in [7, 11) is 0. The summed E-state index contributed by atoms with van der Waals surface area (Å²) in [6, 6.07) is -1.09. The Kier molecular flexibility index (Phi) is 4.06. The van der Waals surface area contributed by atoms with Gasteiger partial charge in [-0.05, 0) is 6.92 Å². The highest BCUT2D eigenvalue weighted by atomic mass is 35.5. The summed E-state index contributed by atoms with van der Waals surface area (Å²) < 4.78 is 24.5. The molecule has 0 bridgehead atoms.